The summed E-state index contributed by atoms with van der Waals surface area (Å²) in [4.78, 5) is 0. The van der Waals surface area contributed by atoms with Gasteiger partial charge in [-0.25, -0.2) is 0 Å². The monoisotopic (exact) mass is 274 g/mol. The minimum atomic E-state index is 1.31. The van der Waals surface area contributed by atoms with Crippen LogP contribution in [0, 0.1) is 0 Å². The summed E-state index contributed by atoms with van der Waals surface area (Å²) in [6, 6.07) is 8.36. The number of hydrogen-bond donors (Lipinski definition) is 0. The van der Waals surface area contributed by atoms with Gasteiger partial charge in [0.1, 0.15) is 0 Å². The lowest BCUT2D eigenvalue weighted by molar-refractivity contribution is 1.50. The summed E-state index contributed by atoms with van der Waals surface area (Å²) in [5.74, 6) is 0. The zero-order chi connectivity index (χ0) is 16.2. The van der Waals surface area contributed by atoms with Crippen molar-refractivity contribution < 1.29 is 0 Å². The molecule has 0 saturated carbocycles. The Kier molecular flexibility index (Phi) is 26.6. The van der Waals surface area contributed by atoms with E-state index >= 15 is 0 Å². The lowest BCUT2D eigenvalue weighted by Gasteiger charge is -1.85. The minimum absolute atomic E-state index is 1.31. The van der Waals surface area contributed by atoms with Crippen LogP contribution in [0.15, 0.2) is 48.6 Å². The summed E-state index contributed by atoms with van der Waals surface area (Å²) >= 11 is 0. The molecule has 1 aromatic carbocycles. The number of allylic oxidation sites excluding steroid dienone is 4. The van der Waals surface area contributed by atoms with Crippen LogP contribution in [0.4, 0.5) is 0 Å². The smallest absolute Gasteiger partial charge is 0.0230 e. The molecule has 0 aromatic heterocycles. The van der Waals surface area contributed by atoms with E-state index < -0.39 is 0 Å². The molecule has 0 bridgehead atoms. The zero-order valence-corrected chi connectivity index (χ0v) is 14.8. The molecule has 0 saturated heterocycles. The van der Waals surface area contributed by atoms with Gasteiger partial charge in [0, 0.05) is 0 Å². The van der Waals surface area contributed by atoms with Crippen molar-refractivity contribution in [2.45, 2.75) is 55.4 Å². The molecule has 1 aromatic rings. The van der Waals surface area contributed by atoms with E-state index in [1.807, 2.05) is 65.8 Å². The van der Waals surface area contributed by atoms with Crippen LogP contribution in [0.1, 0.15) is 55.4 Å². The first-order valence-electron chi connectivity index (χ1n) is 7.71. The second-order valence-electron chi connectivity index (χ2n) is 3.26. The molecule has 0 amide bonds. The molecule has 0 nitrogen and oxygen atoms in total. The van der Waals surface area contributed by atoms with E-state index in [9.17, 15) is 0 Å². The van der Waals surface area contributed by atoms with Crippen LogP contribution in [0.2, 0.25) is 0 Å². The second kappa shape index (κ2) is 22.6. The average molecular weight is 274 g/mol. The molecule has 0 atom stereocenters. The Balaban J connectivity index is -0.000000250. The fraction of sp³-hybridized carbons (Fsp3) is 0.400. The van der Waals surface area contributed by atoms with Crippen molar-refractivity contribution in [2.75, 3.05) is 0 Å². The summed E-state index contributed by atoms with van der Waals surface area (Å²) < 4.78 is 0. The van der Waals surface area contributed by atoms with E-state index in [0.717, 1.165) is 0 Å². The first-order valence-corrected chi connectivity index (χ1v) is 7.71. The summed E-state index contributed by atoms with van der Waals surface area (Å²) in [7, 11) is 0. The zero-order valence-electron chi connectivity index (χ0n) is 14.8. The van der Waals surface area contributed by atoms with Crippen LogP contribution in [0.25, 0.3) is 12.2 Å². The topological polar surface area (TPSA) is 0 Å². The molecule has 0 spiro atoms. The van der Waals surface area contributed by atoms with E-state index in [2.05, 4.69) is 50.3 Å². The van der Waals surface area contributed by atoms with Gasteiger partial charge in [-0.3, -0.25) is 0 Å². The predicted octanol–water partition coefficient (Wildman–Crippen LogP) is 5.48. The quantitative estimate of drug-likeness (QED) is 0.595. The standard InChI is InChI=1S/C10H12.C6H10.2C2H6/c1-3-9-7-5-6-8-10(9)4-2;1-3-5-6-4-2;2*1-2/h3-8H,1-2H3;3-6H,1-2H3;2*1-2H3/b9-3-,10-4-;5-3-,6-4-;;. The van der Waals surface area contributed by atoms with Gasteiger partial charge in [-0.2, -0.15) is 0 Å². The summed E-state index contributed by atoms with van der Waals surface area (Å²) in [5, 5.41) is 2.62. The maximum Gasteiger partial charge on any atom is -0.0230 e. The van der Waals surface area contributed by atoms with Crippen molar-refractivity contribution >= 4 is 12.2 Å². The fourth-order valence-electron chi connectivity index (χ4n) is 1.26. The van der Waals surface area contributed by atoms with Gasteiger partial charge in [0.15, 0.2) is 0 Å². The molecule has 0 heterocycles. The Morgan fingerprint density at radius 2 is 0.900 bits per heavy atom. The highest BCUT2D eigenvalue weighted by Crippen LogP contribution is 1.71. The predicted molar refractivity (Wildman–Crippen MR) is 98.3 cm³/mol. The van der Waals surface area contributed by atoms with Gasteiger partial charge in [-0.05, 0) is 38.1 Å². The molecule has 114 valence electrons. The van der Waals surface area contributed by atoms with E-state index in [-0.39, 0.29) is 0 Å². The van der Waals surface area contributed by atoms with Crippen molar-refractivity contribution in [2.24, 2.45) is 0 Å². The summed E-state index contributed by atoms with van der Waals surface area (Å²) in [6.45, 7) is 16.1. The number of rotatable bonds is 1. The Morgan fingerprint density at radius 1 is 0.600 bits per heavy atom. The third kappa shape index (κ3) is 14.5. The highest BCUT2D eigenvalue weighted by molar-refractivity contribution is 5.28. The first-order chi connectivity index (χ1) is 9.79. The van der Waals surface area contributed by atoms with Crippen molar-refractivity contribution in [3.05, 3.63) is 59.0 Å². The third-order valence-corrected chi connectivity index (χ3v) is 2.11. The largest absolute Gasteiger partial charge is 0.0877 e. The Labute approximate surface area is 127 Å². The van der Waals surface area contributed by atoms with Crippen LogP contribution in [0.5, 0.6) is 0 Å². The van der Waals surface area contributed by atoms with Crippen LogP contribution in [-0.2, 0) is 0 Å². The highest BCUT2D eigenvalue weighted by Gasteiger charge is 1.77. The lowest BCUT2D eigenvalue weighted by atomic mass is 10.2. The molecule has 0 fully saturated rings. The van der Waals surface area contributed by atoms with Crippen LogP contribution in [0.3, 0.4) is 0 Å². The van der Waals surface area contributed by atoms with Crippen molar-refractivity contribution in [3.63, 3.8) is 0 Å². The van der Waals surface area contributed by atoms with Crippen molar-refractivity contribution in [3.8, 4) is 0 Å². The van der Waals surface area contributed by atoms with E-state index in [1.165, 1.54) is 10.4 Å². The molecule has 0 unspecified atom stereocenters. The Hall–Kier alpha value is -1.56. The van der Waals surface area contributed by atoms with Crippen LogP contribution >= 0.6 is 0 Å². The molecule has 0 aliphatic carbocycles. The minimum Gasteiger partial charge on any atom is -0.0877 e. The van der Waals surface area contributed by atoms with Gasteiger partial charge in [0.25, 0.3) is 0 Å². The van der Waals surface area contributed by atoms with Gasteiger partial charge >= 0.3 is 0 Å². The number of hydrogen-bond acceptors (Lipinski definition) is 0. The van der Waals surface area contributed by atoms with E-state index in [0.29, 0.717) is 0 Å². The SMILES string of the molecule is C/C=C\C=C/C.C/C=c1/cccc/c1=C/C.CC.CC. The molecule has 1 rings (SSSR count). The maximum atomic E-state index is 2.12. The van der Waals surface area contributed by atoms with Gasteiger partial charge in [-0.15, -0.1) is 0 Å². The van der Waals surface area contributed by atoms with Crippen molar-refractivity contribution in [1.82, 2.24) is 0 Å². The maximum absolute atomic E-state index is 2.12. The highest BCUT2D eigenvalue weighted by atomic mass is 13.8. The van der Waals surface area contributed by atoms with Crippen LogP contribution in [-0.4, -0.2) is 0 Å². The second-order valence-corrected chi connectivity index (χ2v) is 3.26. The average Bonchev–Trinajstić information content (AvgIpc) is 2.57. The molecule has 0 heteroatoms. The van der Waals surface area contributed by atoms with Gasteiger partial charge < -0.3 is 0 Å². The van der Waals surface area contributed by atoms with Gasteiger partial charge in [0.05, 0.1) is 0 Å². The van der Waals surface area contributed by atoms with Gasteiger partial charge in [0.2, 0.25) is 0 Å². The summed E-state index contributed by atoms with van der Waals surface area (Å²) in [5.41, 5.74) is 0. The molecular weight excluding hydrogens is 240 g/mol. The first kappa shape index (κ1) is 23.5. The normalized spacial score (nSPS) is 11.2. The molecule has 20 heavy (non-hydrogen) atoms. The van der Waals surface area contributed by atoms with Gasteiger partial charge in [-0.1, -0.05) is 88.4 Å². The molecule has 0 radical (unpaired) electrons. The Bertz CT molecular complexity index is 390. The lowest BCUT2D eigenvalue weighted by Crippen LogP contribution is -2.22. The summed E-state index contributed by atoms with van der Waals surface area (Å²) in [6.07, 6.45) is 12.2. The molecule has 0 N–H and O–H groups in total. The van der Waals surface area contributed by atoms with E-state index in [1.54, 1.807) is 0 Å². The van der Waals surface area contributed by atoms with Crippen molar-refractivity contribution in [1.29, 1.82) is 0 Å². The molecule has 0 aliphatic rings. The third-order valence-electron chi connectivity index (χ3n) is 2.11. The molecular formula is C20H34. The Morgan fingerprint density at radius 3 is 1.10 bits per heavy atom. The molecule has 0 aliphatic heterocycles. The van der Waals surface area contributed by atoms with Crippen LogP contribution < -0.4 is 10.4 Å². The van der Waals surface area contributed by atoms with E-state index in [4.69, 9.17) is 0 Å². The number of benzene rings is 1. The fourth-order valence-corrected chi connectivity index (χ4v) is 1.26.